The van der Waals surface area contributed by atoms with Crippen LogP contribution in [0, 0.1) is 0 Å². The molecular weight excluding hydrogens is 372 g/mol. The summed E-state index contributed by atoms with van der Waals surface area (Å²) in [4.78, 5) is 14.6. The van der Waals surface area contributed by atoms with Crippen LogP contribution < -0.4 is 14.8 Å². The quantitative estimate of drug-likeness (QED) is 0.781. The van der Waals surface area contributed by atoms with Crippen molar-refractivity contribution in [3.05, 3.63) is 59.7 Å². The highest BCUT2D eigenvalue weighted by atomic mass is 32.2. The van der Waals surface area contributed by atoms with E-state index in [2.05, 4.69) is 5.32 Å². The monoisotopic (exact) mass is 400 g/mol. The molecule has 0 aliphatic carbocycles. The molecule has 2 amide bonds. The maximum Gasteiger partial charge on any atom is 0.319 e. The molecule has 28 heavy (non-hydrogen) atoms. The number of rotatable bonds is 5. The van der Waals surface area contributed by atoms with Crippen LogP contribution in [0.2, 0.25) is 0 Å². The lowest BCUT2D eigenvalue weighted by molar-refractivity contribution is 0.191. The average molecular weight is 401 g/mol. The van der Waals surface area contributed by atoms with E-state index in [1.54, 1.807) is 18.9 Å². The van der Waals surface area contributed by atoms with Gasteiger partial charge in [-0.1, -0.05) is 36.4 Å². The predicted molar refractivity (Wildman–Crippen MR) is 114 cm³/mol. The minimum Gasteiger partial charge on any atom is -0.493 e. The molecule has 2 aromatic carbocycles. The largest absolute Gasteiger partial charge is 0.493 e. The molecule has 0 bridgehead atoms. The fourth-order valence-electron chi connectivity index (χ4n) is 3.04. The first kappa shape index (κ1) is 20.4. The molecule has 6 heteroatoms. The van der Waals surface area contributed by atoms with Gasteiger partial charge in [0.1, 0.15) is 12.0 Å². The third-order valence-corrected chi connectivity index (χ3v) is 5.60. The maximum absolute atomic E-state index is 12.7. The van der Waals surface area contributed by atoms with Gasteiger partial charge >= 0.3 is 6.03 Å². The van der Waals surface area contributed by atoms with Crippen molar-refractivity contribution in [1.82, 2.24) is 10.2 Å². The smallest absolute Gasteiger partial charge is 0.319 e. The molecule has 1 heterocycles. The van der Waals surface area contributed by atoms with E-state index in [0.29, 0.717) is 18.1 Å². The molecule has 0 radical (unpaired) electrons. The average Bonchev–Trinajstić information content (AvgIpc) is 3.15. The number of hydrogen-bond acceptors (Lipinski definition) is 4. The predicted octanol–water partition coefficient (Wildman–Crippen LogP) is 4.83. The Morgan fingerprint density at radius 2 is 1.93 bits per heavy atom. The second-order valence-electron chi connectivity index (χ2n) is 7.78. The highest BCUT2D eigenvalue weighted by Gasteiger charge is 2.32. The van der Waals surface area contributed by atoms with E-state index in [1.807, 2.05) is 74.2 Å². The summed E-state index contributed by atoms with van der Waals surface area (Å²) in [6, 6.07) is 15.9. The number of urea groups is 1. The van der Waals surface area contributed by atoms with E-state index in [4.69, 9.17) is 9.47 Å². The lowest BCUT2D eigenvalue weighted by Gasteiger charge is -2.29. The van der Waals surface area contributed by atoms with Crippen molar-refractivity contribution in [2.75, 3.05) is 19.4 Å². The van der Waals surface area contributed by atoms with Crippen molar-refractivity contribution in [2.45, 2.75) is 38.3 Å². The first-order valence-corrected chi connectivity index (χ1v) is 10.5. The van der Waals surface area contributed by atoms with Crippen molar-refractivity contribution < 1.29 is 14.3 Å². The third kappa shape index (κ3) is 5.13. The normalized spacial score (nSPS) is 16.7. The zero-order chi connectivity index (χ0) is 20.1. The van der Waals surface area contributed by atoms with Gasteiger partial charge in [-0.3, -0.25) is 0 Å². The van der Waals surface area contributed by atoms with Crippen LogP contribution in [-0.2, 0) is 6.61 Å². The van der Waals surface area contributed by atoms with Gasteiger partial charge in [-0.25, -0.2) is 4.79 Å². The van der Waals surface area contributed by atoms with E-state index in [0.717, 1.165) is 23.4 Å². The molecule has 3 rings (SSSR count). The summed E-state index contributed by atoms with van der Waals surface area (Å²) in [6.07, 6.45) is 0. The number of carbonyl (C=O) groups is 1. The van der Waals surface area contributed by atoms with E-state index in [1.165, 1.54) is 0 Å². The highest BCUT2D eigenvalue weighted by Crippen LogP contribution is 2.41. The fraction of sp³-hybridized carbons (Fsp3) is 0.409. The lowest BCUT2D eigenvalue weighted by atomic mass is 10.1. The molecule has 5 nitrogen and oxygen atoms in total. The van der Waals surface area contributed by atoms with Gasteiger partial charge in [-0.2, -0.15) is 0 Å². The van der Waals surface area contributed by atoms with Crippen LogP contribution in [0.15, 0.2) is 48.5 Å². The lowest BCUT2D eigenvalue weighted by Crippen LogP contribution is -2.48. The number of ether oxygens (including phenoxy) is 2. The van der Waals surface area contributed by atoms with Crippen molar-refractivity contribution >= 4 is 17.8 Å². The third-order valence-electron chi connectivity index (χ3n) is 4.34. The molecule has 1 fully saturated rings. The summed E-state index contributed by atoms with van der Waals surface area (Å²) in [6.45, 7) is 7.17. The van der Waals surface area contributed by atoms with Gasteiger partial charge in [0, 0.05) is 17.8 Å². The molecular formula is C22H28N2O3S. The second-order valence-corrected chi connectivity index (χ2v) is 8.97. The number of methoxy groups -OCH3 is 1. The Labute approximate surface area is 171 Å². The number of thioether (sulfide) groups is 1. The summed E-state index contributed by atoms with van der Waals surface area (Å²) in [5, 5.41) is 3.03. The molecule has 2 aromatic rings. The van der Waals surface area contributed by atoms with Gasteiger partial charge in [0.15, 0.2) is 11.5 Å². The molecule has 150 valence electrons. The van der Waals surface area contributed by atoms with Gasteiger partial charge in [0.2, 0.25) is 0 Å². The molecule has 1 atom stereocenters. The van der Waals surface area contributed by atoms with E-state index in [9.17, 15) is 4.79 Å². The summed E-state index contributed by atoms with van der Waals surface area (Å²) < 4.78 is 11.5. The van der Waals surface area contributed by atoms with Crippen molar-refractivity contribution in [2.24, 2.45) is 0 Å². The Kier molecular flexibility index (Phi) is 6.39. The summed E-state index contributed by atoms with van der Waals surface area (Å²) in [5.74, 6) is 2.29. The van der Waals surface area contributed by atoms with Gasteiger partial charge in [-0.05, 0) is 44.0 Å². The molecule has 0 spiro atoms. The van der Waals surface area contributed by atoms with Crippen molar-refractivity contribution in [3.63, 3.8) is 0 Å². The fourth-order valence-corrected chi connectivity index (χ4v) is 4.29. The Morgan fingerprint density at radius 3 is 2.61 bits per heavy atom. The maximum atomic E-state index is 12.7. The molecule has 1 aliphatic rings. The number of amides is 2. The topological polar surface area (TPSA) is 50.8 Å². The van der Waals surface area contributed by atoms with E-state index < -0.39 is 0 Å². The zero-order valence-corrected chi connectivity index (χ0v) is 17.7. The van der Waals surface area contributed by atoms with Crippen molar-refractivity contribution in [3.8, 4) is 11.5 Å². The second kappa shape index (κ2) is 8.78. The van der Waals surface area contributed by atoms with E-state index >= 15 is 0 Å². The van der Waals surface area contributed by atoms with Crippen LogP contribution >= 0.6 is 11.8 Å². The molecule has 0 saturated carbocycles. The molecule has 1 saturated heterocycles. The number of hydrogen-bond donors (Lipinski definition) is 1. The zero-order valence-electron chi connectivity index (χ0n) is 16.9. The summed E-state index contributed by atoms with van der Waals surface area (Å²) >= 11 is 1.76. The van der Waals surface area contributed by atoms with Gasteiger partial charge in [0.25, 0.3) is 0 Å². The van der Waals surface area contributed by atoms with Crippen LogP contribution in [0.1, 0.15) is 37.3 Å². The Hall–Kier alpha value is -2.34. The van der Waals surface area contributed by atoms with Gasteiger partial charge in [0.05, 0.1) is 7.11 Å². The van der Waals surface area contributed by atoms with E-state index in [-0.39, 0.29) is 16.9 Å². The molecule has 0 aromatic heterocycles. The Morgan fingerprint density at radius 1 is 1.18 bits per heavy atom. The first-order valence-electron chi connectivity index (χ1n) is 9.42. The number of carbonyl (C=O) groups excluding carboxylic acids is 1. The van der Waals surface area contributed by atoms with Crippen LogP contribution in [0.25, 0.3) is 0 Å². The van der Waals surface area contributed by atoms with Gasteiger partial charge in [-0.15, -0.1) is 11.8 Å². The van der Waals surface area contributed by atoms with Crippen molar-refractivity contribution in [1.29, 1.82) is 0 Å². The van der Waals surface area contributed by atoms with Crippen LogP contribution in [0.3, 0.4) is 0 Å². The van der Waals surface area contributed by atoms with Crippen LogP contribution in [0.5, 0.6) is 11.5 Å². The van der Waals surface area contributed by atoms with Crippen LogP contribution in [-0.4, -0.2) is 35.9 Å². The number of nitrogens with one attached hydrogen (secondary N) is 1. The Bertz CT molecular complexity index is 805. The number of benzene rings is 2. The number of nitrogens with zero attached hydrogens (tertiary/aromatic N) is 1. The minimum absolute atomic E-state index is 0.0349. The SMILES string of the molecule is COc1ccc([C@H]2SCCN2C(=O)NC(C)(C)C)cc1OCc1ccccc1. The van der Waals surface area contributed by atoms with Crippen LogP contribution in [0.4, 0.5) is 4.79 Å². The highest BCUT2D eigenvalue weighted by molar-refractivity contribution is 7.99. The standard InChI is InChI=1S/C22H28N2O3S/c1-22(2,3)23-21(25)24-12-13-28-20(24)17-10-11-18(26-4)19(14-17)27-15-16-8-6-5-7-9-16/h5-11,14,20H,12-13,15H2,1-4H3,(H,23,25)/t20-/m1/s1. The Balaban J connectivity index is 1.78. The minimum atomic E-state index is -0.265. The molecule has 1 N–H and O–H groups in total. The first-order chi connectivity index (χ1) is 13.4. The summed E-state index contributed by atoms with van der Waals surface area (Å²) in [5.41, 5.74) is 1.87. The molecule has 0 unspecified atom stereocenters. The summed E-state index contributed by atoms with van der Waals surface area (Å²) in [7, 11) is 1.64. The molecule has 1 aliphatic heterocycles. The van der Waals surface area contributed by atoms with Gasteiger partial charge < -0.3 is 19.7 Å².